The molecule has 1 heterocycles. The van der Waals surface area contributed by atoms with E-state index in [1.54, 1.807) is 37.4 Å². The fraction of sp³-hybridized carbons (Fsp3) is 0.316. The van der Waals surface area contributed by atoms with E-state index in [-0.39, 0.29) is 19.8 Å². The van der Waals surface area contributed by atoms with E-state index in [4.69, 9.17) is 15.2 Å². The van der Waals surface area contributed by atoms with Crippen LogP contribution in [0.2, 0.25) is 0 Å². The van der Waals surface area contributed by atoms with E-state index in [9.17, 15) is 9.90 Å². The molecule has 0 aliphatic heterocycles. The molecule has 7 heteroatoms. The first-order valence-electron chi connectivity index (χ1n) is 8.21. The largest absolute Gasteiger partial charge is 0.487 e. The molecule has 0 aliphatic carbocycles. The fourth-order valence-electron chi connectivity index (χ4n) is 2.14. The zero-order chi connectivity index (χ0) is 18.9. The third-order valence-electron chi connectivity index (χ3n) is 3.53. The van der Waals surface area contributed by atoms with Crippen LogP contribution < -0.4 is 15.2 Å². The standard InChI is InChI=1S/C19H23N3O4/c1-13-6-5-9-21-19(13)26-12-15(23)10-22-14(2)11-25-17-8-4-3-7-16(17)18(20)24/h3-9,15,23H,10-12H2,1-2H3,(H2,20,24). The smallest absolute Gasteiger partial charge is 0.252 e. The summed E-state index contributed by atoms with van der Waals surface area (Å²) in [5.74, 6) is 0.357. The van der Waals surface area contributed by atoms with Gasteiger partial charge in [0.05, 0.1) is 12.1 Å². The van der Waals surface area contributed by atoms with E-state index in [1.165, 1.54) is 0 Å². The van der Waals surface area contributed by atoms with Gasteiger partial charge in [-0.3, -0.25) is 9.79 Å². The molecule has 1 amide bonds. The lowest BCUT2D eigenvalue weighted by Gasteiger charge is -2.12. The Morgan fingerprint density at radius 2 is 2.04 bits per heavy atom. The number of ether oxygens (including phenoxy) is 2. The van der Waals surface area contributed by atoms with Crippen LogP contribution in [0.4, 0.5) is 0 Å². The normalized spacial score (nSPS) is 12.5. The summed E-state index contributed by atoms with van der Waals surface area (Å²) < 4.78 is 11.1. The summed E-state index contributed by atoms with van der Waals surface area (Å²) in [5, 5.41) is 9.99. The maximum absolute atomic E-state index is 11.4. The Labute approximate surface area is 152 Å². The predicted octanol–water partition coefficient (Wildman–Crippen LogP) is 1.77. The second-order valence-electron chi connectivity index (χ2n) is 5.82. The minimum Gasteiger partial charge on any atom is -0.487 e. The van der Waals surface area contributed by atoms with E-state index in [2.05, 4.69) is 9.98 Å². The minimum absolute atomic E-state index is 0.0972. The van der Waals surface area contributed by atoms with Gasteiger partial charge in [-0.1, -0.05) is 18.2 Å². The van der Waals surface area contributed by atoms with Crippen LogP contribution in [-0.4, -0.2) is 47.6 Å². The number of aliphatic hydroxyl groups excluding tert-OH is 1. The van der Waals surface area contributed by atoms with Gasteiger partial charge in [0.15, 0.2) is 0 Å². The second-order valence-corrected chi connectivity index (χ2v) is 5.82. The lowest BCUT2D eigenvalue weighted by molar-refractivity contribution is 0.0997. The highest BCUT2D eigenvalue weighted by atomic mass is 16.5. The lowest BCUT2D eigenvalue weighted by Crippen LogP contribution is -2.22. The molecule has 0 saturated heterocycles. The topological polar surface area (TPSA) is 107 Å². The molecule has 1 atom stereocenters. The van der Waals surface area contributed by atoms with Crippen molar-refractivity contribution in [2.24, 2.45) is 10.7 Å². The van der Waals surface area contributed by atoms with E-state index in [0.29, 0.717) is 22.9 Å². The Balaban J connectivity index is 1.81. The van der Waals surface area contributed by atoms with Gasteiger partial charge in [0.1, 0.15) is 25.1 Å². The van der Waals surface area contributed by atoms with Gasteiger partial charge in [0.25, 0.3) is 5.91 Å². The van der Waals surface area contributed by atoms with Crippen molar-refractivity contribution in [1.29, 1.82) is 0 Å². The molecule has 0 aliphatic rings. The lowest BCUT2D eigenvalue weighted by atomic mass is 10.2. The molecule has 2 rings (SSSR count). The Hall–Kier alpha value is -2.93. The summed E-state index contributed by atoms with van der Waals surface area (Å²) in [6.45, 7) is 4.14. The zero-order valence-corrected chi connectivity index (χ0v) is 14.9. The maximum Gasteiger partial charge on any atom is 0.252 e. The molecule has 26 heavy (non-hydrogen) atoms. The molecule has 2 aromatic rings. The Bertz CT molecular complexity index is 777. The molecule has 7 nitrogen and oxygen atoms in total. The number of aliphatic imine (C=N–C) groups is 1. The van der Waals surface area contributed by atoms with Crippen LogP contribution >= 0.6 is 0 Å². The van der Waals surface area contributed by atoms with Crippen molar-refractivity contribution >= 4 is 11.6 Å². The van der Waals surface area contributed by atoms with E-state index in [1.807, 2.05) is 19.1 Å². The number of benzene rings is 1. The minimum atomic E-state index is -0.760. The third-order valence-corrected chi connectivity index (χ3v) is 3.53. The van der Waals surface area contributed by atoms with Gasteiger partial charge in [-0.05, 0) is 32.0 Å². The van der Waals surface area contributed by atoms with Crippen LogP contribution in [-0.2, 0) is 0 Å². The molecule has 1 unspecified atom stereocenters. The summed E-state index contributed by atoms with van der Waals surface area (Å²) in [6, 6.07) is 10.5. The summed E-state index contributed by atoms with van der Waals surface area (Å²) in [6.07, 6.45) is 0.877. The van der Waals surface area contributed by atoms with Crippen LogP contribution in [0.5, 0.6) is 11.6 Å². The molecular formula is C19H23N3O4. The number of aryl methyl sites for hydroxylation is 1. The van der Waals surface area contributed by atoms with E-state index in [0.717, 1.165) is 5.56 Å². The first-order valence-corrected chi connectivity index (χ1v) is 8.21. The highest BCUT2D eigenvalue weighted by molar-refractivity contribution is 5.95. The van der Waals surface area contributed by atoms with Crippen molar-refractivity contribution in [3.05, 3.63) is 53.7 Å². The Kier molecular flexibility index (Phi) is 7.11. The first kappa shape index (κ1) is 19.4. The van der Waals surface area contributed by atoms with Gasteiger partial charge in [-0.15, -0.1) is 0 Å². The average molecular weight is 357 g/mol. The van der Waals surface area contributed by atoms with Crippen molar-refractivity contribution < 1.29 is 19.4 Å². The van der Waals surface area contributed by atoms with Gasteiger partial charge in [0, 0.05) is 17.5 Å². The van der Waals surface area contributed by atoms with E-state index >= 15 is 0 Å². The summed E-state index contributed by atoms with van der Waals surface area (Å²) >= 11 is 0. The molecule has 0 spiro atoms. The molecule has 3 N–H and O–H groups in total. The number of carbonyl (C=O) groups is 1. The number of carbonyl (C=O) groups excluding carboxylic acids is 1. The number of hydrogen-bond acceptors (Lipinski definition) is 6. The molecule has 138 valence electrons. The van der Waals surface area contributed by atoms with Crippen LogP contribution in [0.3, 0.4) is 0 Å². The van der Waals surface area contributed by atoms with Crippen LogP contribution in [0.25, 0.3) is 0 Å². The van der Waals surface area contributed by atoms with Gasteiger partial charge in [-0.25, -0.2) is 4.98 Å². The number of primary amides is 1. The van der Waals surface area contributed by atoms with Crippen LogP contribution in [0.1, 0.15) is 22.8 Å². The van der Waals surface area contributed by atoms with Gasteiger partial charge in [0.2, 0.25) is 5.88 Å². The number of para-hydroxylation sites is 1. The average Bonchev–Trinajstić information content (AvgIpc) is 2.64. The number of pyridine rings is 1. The first-order chi connectivity index (χ1) is 12.5. The Morgan fingerprint density at radius 3 is 2.77 bits per heavy atom. The fourth-order valence-corrected chi connectivity index (χ4v) is 2.14. The van der Waals surface area contributed by atoms with Gasteiger partial charge in [-0.2, -0.15) is 0 Å². The number of nitrogens with zero attached hydrogens (tertiary/aromatic N) is 2. The van der Waals surface area contributed by atoms with Crippen molar-refractivity contribution in [1.82, 2.24) is 4.98 Å². The van der Waals surface area contributed by atoms with E-state index < -0.39 is 12.0 Å². The van der Waals surface area contributed by atoms with Crippen molar-refractivity contribution in [2.45, 2.75) is 20.0 Å². The quantitative estimate of drug-likeness (QED) is 0.665. The SMILES string of the molecule is CC(COc1ccccc1C(N)=O)=NCC(O)COc1ncccc1C. The van der Waals surface area contributed by atoms with Crippen molar-refractivity contribution in [3.63, 3.8) is 0 Å². The summed E-state index contributed by atoms with van der Waals surface area (Å²) in [4.78, 5) is 19.7. The highest BCUT2D eigenvalue weighted by Gasteiger charge is 2.09. The third kappa shape index (κ3) is 5.86. The molecule has 1 aromatic carbocycles. The molecule has 0 radical (unpaired) electrons. The van der Waals surface area contributed by atoms with Crippen molar-refractivity contribution in [2.75, 3.05) is 19.8 Å². The van der Waals surface area contributed by atoms with Crippen LogP contribution in [0.15, 0.2) is 47.6 Å². The molecule has 0 bridgehead atoms. The van der Waals surface area contributed by atoms with Crippen molar-refractivity contribution in [3.8, 4) is 11.6 Å². The van der Waals surface area contributed by atoms with Gasteiger partial charge < -0.3 is 20.3 Å². The summed E-state index contributed by atoms with van der Waals surface area (Å²) in [7, 11) is 0. The number of aliphatic hydroxyl groups is 1. The number of hydrogen-bond donors (Lipinski definition) is 2. The summed E-state index contributed by atoms with van der Waals surface area (Å²) in [5.41, 5.74) is 7.21. The predicted molar refractivity (Wildman–Crippen MR) is 98.9 cm³/mol. The maximum atomic E-state index is 11.4. The number of aromatic nitrogens is 1. The highest BCUT2D eigenvalue weighted by Crippen LogP contribution is 2.17. The number of amides is 1. The molecule has 0 saturated carbocycles. The number of nitrogens with two attached hydrogens (primary N) is 1. The zero-order valence-electron chi connectivity index (χ0n) is 14.9. The molecule has 0 fully saturated rings. The second kappa shape index (κ2) is 9.53. The number of rotatable bonds is 9. The molecular weight excluding hydrogens is 334 g/mol. The monoisotopic (exact) mass is 357 g/mol. The molecule has 1 aromatic heterocycles. The van der Waals surface area contributed by atoms with Crippen LogP contribution in [0, 0.1) is 6.92 Å². The van der Waals surface area contributed by atoms with Gasteiger partial charge >= 0.3 is 0 Å². The Morgan fingerprint density at radius 1 is 1.27 bits per heavy atom.